The summed E-state index contributed by atoms with van der Waals surface area (Å²) in [6.07, 6.45) is 4.00. The molecule has 1 aromatic rings. The zero-order chi connectivity index (χ0) is 21.7. The summed E-state index contributed by atoms with van der Waals surface area (Å²) in [6, 6.07) is 8.95. The van der Waals surface area contributed by atoms with Crippen LogP contribution in [0.5, 0.6) is 0 Å². The highest BCUT2D eigenvalue weighted by molar-refractivity contribution is 6.07. The van der Waals surface area contributed by atoms with E-state index in [4.69, 9.17) is 4.74 Å². The van der Waals surface area contributed by atoms with Crippen LogP contribution in [0.2, 0.25) is 0 Å². The first-order chi connectivity index (χ1) is 14.3. The Hall–Kier alpha value is -2.90. The molecule has 0 radical (unpaired) electrons. The van der Waals surface area contributed by atoms with E-state index in [2.05, 4.69) is 5.32 Å². The van der Waals surface area contributed by atoms with Crippen molar-refractivity contribution < 1.29 is 23.9 Å². The maximum atomic E-state index is 12.7. The molecular formula is C22H29N3O5. The van der Waals surface area contributed by atoms with Crippen molar-refractivity contribution in [3.63, 3.8) is 0 Å². The van der Waals surface area contributed by atoms with Crippen LogP contribution in [0.25, 0.3) is 0 Å². The van der Waals surface area contributed by atoms with Gasteiger partial charge in [0.2, 0.25) is 0 Å². The molecule has 1 aliphatic heterocycles. The van der Waals surface area contributed by atoms with Gasteiger partial charge in [-0.3, -0.25) is 19.3 Å². The van der Waals surface area contributed by atoms with Gasteiger partial charge < -0.3 is 15.0 Å². The zero-order valence-corrected chi connectivity index (χ0v) is 17.6. The number of hydrogen-bond acceptors (Lipinski definition) is 5. The number of hydrogen-bond donors (Lipinski definition) is 1. The molecule has 4 amide bonds. The van der Waals surface area contributed by atoms with Crippen LogP contribution in [-0.2, 0) is 19.1 Å². The van der Waals surface area contributed by atoms with Gasteiger partial charge in [-0.15, -0.1) is 0 Å². The molecule has 3 rings (SSSR count). The normalized spacial score (nSPS) is 18.8. The molecule has 0 bridgehead atoms. The Kier molecular flexibility index (Phi) is 6.74. The Labute approximate surface area is 176 Å². The molecule has 162 valence electrons. The molecule has 30 heavy (non-hydrogen) atoms. The smallest absolute Gasteiger partial charge is 0.325 e. The zero-order valence-electron chi connectivity index (χ0n) is 17.6. The number of rotatable bonds is 7. The standard InChI is InChI=1S/C22H29N3O5/c1-16(17-9-5-3-6-10-17)24(2)18(26)15-30-19(27)11-14-25-20(28)22(23-21(25)29)12-7-4-8-13-22/h3,5-6,9-10,16H,4,7-8,11-15H2,1-2H3,(H,23,29). The Morgan fingerprint density at radius 2 is 1.83 bits per heavy atom. The molecule has 1 aliphatic carbocycles. The molecule has 1 aromatic carbocycles. The molecule has 2 fully saturated rings. The third-order valence-corrected chi connectivity index (χ3v) is 6.11. The summed E-state index contributed by atoms with van der Waals surface area (Å²) in [5, 5.41) is 2.81. The quantitative estimate of drug-likeness (QED) is 0.545. The summed E-state index contributed by atoms with van der Waals surface area (Å²) in [5.74, 6) is -1.20. The molecule has 1 heterocycles. The van der Waals surface area contributed by atoms with E-state index in [9.17, 15) is 19.2 Å². The number of nitrogens with zero attached hydrogens (tertiary/aromatic N) is 2. The second kappa shape index (κ2) is 9.28. The highest BCUT2D eigenvalue weighted by Crippen LogP contribution is 2.33. The number of amides is 4. The highest BCUT2D eigenvalue weighted by Gasteiger charge is 2.51. The van der Waals surface area contributed by atoms with Crippen molar-refractivity contribution in [3.05, 3.63) is 35.9 Å². The first-order valence-corrected chi connectivity index (χ1v) is 10.4. The first kappa shape index (κ1) is 21.8. The maximum absolute atomic E-state index is 12.7. The minimum absolute atomic E-state index is 0.0459. The van der Waals surface area contributed by atoms with E-state index in [0.717, 1.165) is 29.7 Å². The van der Waals surface area contributed by atoms with Crippen LogP contribution in [0.4, 0.5) is 4.79 Å². The predicted molar refractivity (Wildman–Crippen MR) is 109 cm³/mol. The number of urea groups is 1. The average molecular weight is 415 g/mol. The van der Waals surface area contributed by atoms with E-state index in [-0.39, 0.29) is 37.4 Å². The molecule has 8 nitrogen and oxygen atoms in total. The molecule has 8 heteroatoms. The van der Waals surface area contributed by atoms with Crippen molar-refractivity contribution in [2.75, 3.05) is 20.2 Å². The Bertz CT molecular complexity index is 804. The Morgan fingerprint density at radius 1 is 1.17 bits per heavy atom. The van der Waals surface area contributed by atoms with Crippen molar-refractivity contribution in [3.8, 4) is 0 Å². The molecule has 2 aliphatic rings. The van der Waals surface area contributed by atoms with Gasteiger partial charge in [0.15, 0.2) is 6.61 Å². The second-order valence-corrected chi connectivity index (χ2v) is 8.03. The van der Waals surface area contributed by atoms with Gasteiger partial charge in [-0.25, -0.2) is 4.79 Å². The fraction of sp³-hybridized carbons (Fsp3) is 0.545. The molecule has 1 unspecified atom stereocenters. The van der Waals surface area contributed by atoms with Crippen molar-refractivity contribution in [2.45, 2.75) is 57.0 Å². The number of likely N-dealkylation sites (N-methyl/N-ethyl adjacent to an activating group) is 1. The summed E-state index contributed by atoms with van der Waals surface area (Å²) >= 11 is 0. The van der Waals surface area contributed by atoms with Crippen LogP contribution < -0.4 is 5.32 Å². The van der Waals surface area contributed by atoms with E-state index < -0.39 is 17.5 Å². The number of imide groups is 1. The summed E-state index contributed by atoms with van der Waals surface area (Å²) in [4.78, 5) is 52.0. The van der Waals surface area contributed by atoms with Crippen LogP contribution >= 0.6 is 0 Å². The third-order valence-electron chi connectivity index (χ3n) is 6.11. The molecule has 1 spiro atoms. The number of esters is 1. The lowest BCUT2D eigenvalue weighted by Crippen LogP contribution is -2.48. The molecule has 1 saturated carbocycles. The summed E-state index contributed by atoms with van der Waals surface area (Å²) in [5.41, 5.74) is 0.181. The van der Waals surface area contributed by atoms with Gasteiger partial charge in [0.05, 0.1) is 12.5 Å². The minimum atomic E-state index is -0.800. The van der Waals surface area contributed by atoms with Crippen LogP contribution in [0, 0.1) is 0 Å². The molecule has 1 atom stereocenters. The lowest BCUT2D eigenvalue weighted by Gasteiger charge is -2.30. The third kappa shape index (κ3) is 4.63. The van der Waals surface area contributed by atoms with E-state index in [1.54, 1.807) is 7.05 Å². The number of ether oxygens (including phenoxy) is 1. The van der Waals surface area contributed by atoms with Crippen molar-refractivity contribution in [1.29, 1.82) is 0 Å². The van der Waals surface area contributed by atoms with E-state index in [1.807, 2.05) is 37.3 Å². The fourth-order valence-electron chi connectivity index (χ4n) is 4.06. The SMILES string of the molecule is CC(c1ccccc1)N(C)C(=O)COC(=O)CCN1C(=O)NC2(CCCCC2)C1=O. The number of benzene rings is 1. The van der Waals surface area contributed by atoms with Gasteiger partial charge in [-0.05, 0) is 25.3 Å². The Morgan fingerprint density at radius 3 is 2.50 bits per heavy atom. The van der Waals surface area contributed by atoms with E-state index in [0.29, 0.717) is 12.8 Å². The second-order valence-electron chi connectivity index (χ2n) is 8.03. The average Bonchev–Trinajstić information content (AvgIpc) is 2.99. The number of carbonyl (C=O) groups is 4. The van der Waals surface area contributed by atoms with Crippen LogP contribution in [0.3, 0.4) is 0 Å². The predicted octanol–water partition coefficient (Wildman–Crippen LogP) is 2.39. The monoisotopic (exact) mass is 415 g/mol. The number of carbonyl (C=O) groups excluding carboxylic acids is 4. The van der Waals surface area contributed by atoms with Gasteiger partial charge in [-0.1, -0.05) is 49.6 Å². The number of nitrogens with one attached hydrogen (secondary N) is 1. The largest absolute Gasteiger partial charge is 0.456 e. The highest BCUT2D eigenvalue weighted by atomic mass is 16.5. The van der Waals surface area contributed by atoms with Crippen LogP contribution in [0.1, 0.15) is 57.1 Å². The van der Waals surface area contributed by atoms with Crippen LogP contribution in [0.15, 0.2) is 30.3 Å². The molecular weight excluding hydrogens is 386 g/mol. The summed E-state index contributed by atoms with van der Waals surface area (Å²) < 4.78 is 5.08. The van der Waals surface area contributed by atoms with Gasteiger partial charge in [0.1, 0.15) is 5.54 Å². The van der Waals surface area contributed by atoms with Crippen LogP contribution in [-0.4, -0.2) is 59.4 Å². The topological polar surface area (TPSA) is 96.0 Å². The lowest BCUT2D eigenvalue weighted by molar-refractivity contribution is -0.152. The van der Waals surface area contributed by atoms with Gasteiger partial charge in [-0.2, -0.15) is 0 Å². The summed E-state index contributed by atoms with van der Waals surface area (Å²) in [6.45, 7) is 1.47. The van der Waals surface area contributed by atoms with Crippen molar-refractivity contribution in [2.24, 2.45) is 0 Å². The van der Waals surface area contributed by atoms with E-state index >= 15 is 0 Å². The van der Waals surface area contributed by atoms with Crippen molar-refractivity contribution >= 4 is 23.8 Å². The molecule has 1 saturated heterocycles. The fourth-order valence-corrected chi connectivity index (χ4v) is 4.06. The minimum Gasteiger partial charge on any atom is -0.456 e. The van der Waals surface area contributed by atoms with Crippen molar-refractivity contribution in [1.82, 2.24) is 15.1 Å². The molecule has 0 aromatic heterocycles. The van der Waals surface area contributed by atoms with Gasteiger partial charge in [0, 0.05) is 13.6 Å². The molecule has 1 N–H and O–H groups in total. The maximum Gasteiger partial charge on any atom is 0.325 e. The Balaban J connectivity index is 1.45. The summed E-state index contributed by atoms with van der Waals surface area (Å²) in [7, 11) is 1.66. The first-order valence-electron chi connectivity index (χ1n) is 10.4. The van der Waals surface area contributed by atoms with E-state index in [1.165, 1.54) is 4.90 Å². The van der Waals surface area contributed by atoms with Gasteiger partial charge >= 0.3 is 12.0 Å². The lowest BCUT2D eigenvalue weighted by atomic mass is 9.82. The van der Waals surface area contributed by atoms with Gasteiger partial charge in [0.25, 0.3) is 11.8 Å².